The second-order valence-corrected chi connectivity index (χ2v) is 9.94. The van der Waals surface area contributed by atoms with Crippen molar-refractivity contribution in [2.45, 2.75) is 57.4 Å². The predicted molar refractivity (Wildman–Crippen MR) is 110 cm³/mol. The van der Waals surface area contributed by atoms with Crippen LogP contribution in [0.5, 0.6) is 0 Å². The topological polar surface area (TPSA) is 95.5 Å². The van der Waals surface area contributed by atoms with E-state index in [2.05, 4.69) is 10.6 Å². The Kier molecular flexibility index (Phi) is 4.73. The van der Waals surface area contributed by atoms with Gasteiger partial charge >= 0.3 is 5.97 Å². The SMILES string of the molecule is O=C(NC1CC1)c1c(NC(=O)[C@H]2[C@H](C(=O)O)[C@H]3C=C[C@H]2CC3)sc2c1CCCC2. The molecule has 3 N–H and O–H groups in total. The molecule has 2 amide bonds. The van der Waals surface area contributed by atoms with E-state index >= 15 is 0 Å². The Morgan fingerprint density at radius 2 is 1.66 bits per heavy atom. The fourth-order valence-corrected chi connectivity index (χ4v) is 6.55. The van der Waals surface area contributed by atoms with Crippen LogP contribution < -0.4 is 10.6 Å². The number of aliphatic carboxylic acids is 1. The number of anilines is 1. The van der Waals surface area contributed by atoms with Gasteiger partial charge in [0.25, 0.3) is 5.91 Å². The molecule has 154 valence electrons. The minimum atomic E-state index is -0.902. The fraction of sp³-hybridized carbons (Fsp3) is 0.591. The maximum atomic E-state index is 13.3. The molecule has 2 bridgehead atoms. The standard InChI is InChI=1S/C22H26N2O4S/c25-19(16-11-5-7-12(8-6-11)17(16)22(27)28)24-21-18(20(26)23-13-9-10-13)14-3-1-2-4-15(14)29-21/h5,7,11-13,16-17H,1-4,6,8-10H2,(H,23,26)(H,24,25)(H,27,28)/t11-,12-,16+,17+/m0/s1. The summed E-state index contributed by atoms with van der Waals surface area (Å²) in [6, 6.07) is 0.251. The summed E-state index contributed by atoms with van der Waals surface area (Å²) in [6.07, 6.45) is 11.6. The van der Waals surface area contributed by atoms with Crippen molar-refractivity contribution in [1.82, 2.24) is 5.32 Å². The lowest BCUT2D eigenvalue weighted by atomic mass is 9.62. The molecule has 0 saturated heterocycles. The molecule has 6 rings (SSSR count). The van der Waals surface area contributed by atoms with Gasteiger partial charge in [0, 0.05) is 10.9 Å². The predicted octanol–water partition coefficient (Wildman–Crippen LogP) is 3.37. The van der Waals surface area contributed by atoms with Crippen molar-refractivity contribution in [1.29, 1.82) is 0 Å². The van der Waals surface area contributed by atoms with Gasteiger partial charge in [-0.15, -0.1) is 11.3 Å². The van der Waals surface area contributed by atoms with E-state index in [0.29, 0.717) is 10.6 Å². The van der Waals surface area contributed by atoms with E-state index in [0.717, 1.165) is 56.9 Å². The van der Waals surface area contributed by atoms with Crippen molar-refractivity contribution in [3.63, 3.8) is 0 Å². The van der Waals surface area contributed by atoms with Gasteiger partial charge in [0.05, 0.1) is 17.4 Å². The summed E-state index contributed by atoms with van der Waals surface area (Å²) in [5.41, 5.74) is 1.70. The van der Waals surface area contributed by atoms with Crippen LogP contribution in [0.3, 0.4) is 0 Å². The number of carbonyl (C=O) groups is 3. The van der Waals surface area contributed by atoms with Crippen molar-refractivity contribution in [2.75, 3.05) is 5.32 Å². The van der Waals surface area contributed by atoms with Crippen LogP contribution in [0.4, 0.5) is 5.00 Å². The van der Waals surface area contributed by atoms with Gasteiger partial charge in [0.2, 0.25) is 5.91 Å². The van der Waals surface area contributed by atoms with Gasteiger partial charge in [0.1, 0.15) is 5.00 Å². The molecule has 2 fully saturated rings. The first-order valence-corrected chi connectivity index (χ1v) is 11.5. The second kappa shape index (κ2) is 7.27. The number of hydrogen-bond acceptors (Lipinski definition) is 4. The number of nitrogens with one attached hydrogen (secondary N) is 2. The van der Waals surface area contributed by atoms with Crippen molar-refractivity contribution in [3.05, 3.63) is 28.2 Å². The Morgan fingerprint density at radius 1 is 0.966 bits per heavy atom. The van der Waals surface area contributed by atoms with E-state index in [-0.39, 0.29) is 29.7 Å². The zero-order chi connectivity index (χ0) is 20.1. The van der Waals surface area contributed by atoms with Crippen molar-refractivity contribution < 1.29 is 19.5 Å². The van der Waals surface area contributed by atoms with Gasteiger partial charge in [-0.3, -0.25) is 14.4 Å². The second-order valence-electron chi connectivity index (χ2n) is 8.83. The van der Waals surface area contributed by atoms with Crippen LogP contribution >= 0.6 is 11.3 Å². The van der Waals surface area contributed by atoms with Crippen LogP contribution in [-0.4, -0.2) is 28.9 Å². The molecule has 6 nitrogen and oxygen atoms in total. The highest BCUT2D eigenvalue weighted by atomic mass is 32.1. The van der Waals surface area contributed by atoms with E-state index in [9.17, 15) is 19.5 Å². The third kappa shape index (κ3) is 3.39. The average Bonchev–Trinajstić information content (AvgIpc) is 3.45. The highest BCUT2D eigenvalue weighted by Crippen LogP contribution is 2.46. The number of carbonyl (C=O) groups excluding carboxylic acids is 2. The van der Waals surface area contributed by atoms with Gasteiger partial charge in [0.15, 0.2) is 0 Å². The molecule has 5 aliphatic rings. The van der Waals surface area contributed by atoms with Crippen molar-refractivity contribution in [2.24, 2.45) is 23.7 Å². The molecule has 0 radical (unpaired) electrons. The van der Waals surface area contributed by atoms with E-state index in [1.54, 1.807) is 0 Å². The van der Waals surface area contributed by atoms with Crippen LogP contribution in [0.15, 0.2) is 12.2 Å². The third-order valence-corrected chi connectivity index (χ3v) is 8.09. The monoisotopic (exact) mass is 414 g/mol. The number of amides is 2. The average molecular weight is 415 g/mol. The molecule has 4 atom stereocenters. The van der Waals surface area contributed by atoms with Crippen LogP contribution in [0.2, 0.25) is 0 Å². The summed E-state index contributed by atoms with van der Waals surface area (Å²) in [7, 11) is 0. The summed E-state index contributed by atoms with van der Waals surface area (Å²) in [6.45, 7) is 0. The number of carboxylic acids is 1. The number of rotatable bonds is 5. The molecule has 29 heavy (non-hydrogen) atoms. The maximum Gasteiger partial charge on any atom is 0.307 e. The van der Waals surface area contributed by atoms with Crippen molar-refractivity contribution in [3.8, 4) is 0 Å². The number of allylic oxidation sites excluding steroid dienone is 2. The van der Waals surface area contributed by atoms with Gasteiger partial charge in [-0.25, -0.2) is 0 Å². The Hall–Kier alpha value is -2.15. The first kappa shape index (κ1) is 18.9. The molecule has 1 aromatic heterocycles. The smallest absolute Gasteiger partial charge is 0.307 e. The molecule has 1 heterocycles. The largest absolute Gasteiger partial charge is 0.481 e. The zero-order valence-electron chi connectivity index (χ0n) is 16.3. The molecule has 7 heteroatoms. The van der Waals surface area contributed by atoms with Gasteiger partial charge < -0.3 is 15.7 Å². The van der Waals surface area contributed by atoms with Crippen LogP contribution in [0.25, 0.3) is 0 Å². The highest BCUT2D eigenvalue weighted by molar-refractivity contribution is 7.17. The Morgan fingerprint density at radius 3 is 2.31 bits per heavy atom. The van der Waals surface area contributed by atoms with E-state index in [1.165, 1.54) is 16.2 Å². The summed E-state index contributed by atoms with van der Waals surface area (Å²) in [5.74, 6) is -2.63. The van der Waals surface area contributed by atoms with Gasteiger partial charge in [-0.2, -0.15) is 0 Å². The van der Waals surface area contributed by atoms with Crippen LogP contribution in [-0.2, 0) is 22.4 Å². The van der Waals surface area contributed by atoms with Gasteiger partial charge in [-0.05, 0) is 68.8 Å². The van der Waals surface area contributed by atoms with Crippen LogP contribution in [0.1, 0.15) is 59.3 Å². The third-order valence-electron chi connectivity index (χ3n) is 6.88. The first-order valence-electron chi connectivity index (χ1n) is 10.7. The molecule has 1 aromatic rings. The van der Waals surface area contributed by atoms with E-state index in [4.69, 9.17) is 0 Å². The Labute approximate surface area is 173 Å². The Bertz CT molecular complexity index is 901. The molecule has 0 spiro atoms. The Balaban J connectivity index is 1.44. The number of thiophene rings is 1. The molecule has 2 saturated carbocycles. The fourth-order valence-electron chi connectivity index (χ4n) is 5.26. The maximum absolute atomic E-state index is 13.3. The summed E-state index contributed by atoms with van der Waals surface area (Å²) in [4.78, 5) is 39.3. The molecular weight excluding hydrogens is 388 g/mol. The minimum absolute atomic E-state index is 0.0422. The first-order chi connectivity index (χ1) is 14.0. The summed E-state index contributed by atoms with van der Waals surface area (Å²) < 4.78 is 0. The number of carboxylic acid groups (broad SMARTS) is 1. The van der Waals surface area contributed by atoms with Crippen LogP contribution in [0, 0.1) is 23.7 Å². The highest BCUT2D eigenvalue weighted by Gasteiger charge is 2.48. The molecule has 0 aliphatic heterocycles. The summed E-state index contributed by atoms with van der Waals surface area (Å²) >= 11 is 1.50. The van der Waals surface area contributed by atoms with Gasteiger partial charge in [-0.1, -0.05) is 12.2 Å². The summed E-state index contributed by atoms with van der Waals surface area (Å²) in [5, 5.41) is 16.4. The minimum Gasteiger partial charge on any atom is -0.481 e. The lowest BCUT2D eigenvalue weighted by Crippen LogP contribution is -2.47. The van der Waals surface area contributed by atoms with Crippen molar-refractivity contribution >= 4 is 34.1 Å². The van der Waals surface area contributed by atoms with E-state index < -0.39 is 17.8 Å². The number of aryl methyl sites for hydroxylation is 1. The molecule has 0 aromatic carbocycles. The molecular formula is C22H26N2O4S. The zero-order valence-corrected chi connectivity index (χ0v) is 17.1. The van der Waals surface area contributed by atoms with E-state index in [1.807, 2.05) is 12.2 Å². The molecule has 5 aliphatic carbocycles. The lowest BCUT2D eigenvalue weighted by molar-refractivity contribution is -0.151. The normalized spacial score (nSPS) is 29.9. The molecule has 0 unspecified atom stereocenters. The number of fused-ring (bicyclic) bond motifs is 3. The lowest BCUT2D eigenvalue weighted by Gasteiger charge is -2.41. The quantitative estimate of drug-likeness (QED) is 0.644. The number of hydrogen-bond donors (Lipinski definition) is 3.